The second kappa shape index (κ2) is 3.42. The van der Waals surface area contributed by atoms with E-state index >= 15 is 0 Å². The maximum Gasteiger partial charge on any atom is 0.334 e. The third-order valence-corrected chi connectivity index (χ3v) is 1.18. The molecule has 0 fully saturated rings. The Labute approximate surface area is 53.5 Å². The number of aliphatic carboxylic acids is 1. The molecule has 0 aromatic heterocycles. The second-order valence-corrected chi connectivity index (χ2v) is 1.86. The Morgan fingerprint density at radius 2 is 2.11 bits per heavy atom. The fourth-order valence-electron chi connectivity index (χ4n) is 0.372. The molecule has 54 valence electrons. The fraction of sp³-hybridized carbons (Fsp3) is 0.800. The van der Waals surface area contributed by atoms with Crippen LogP contribution in [-0.2, 0) is 4.79 Å². The van der Waals surface area contributed by atoms with E-state index in [1.807, 2.05) is 0 Å². The molecule has 0 amide bonds. The van der Waals surface area contributed by atoms with E-state index in [2.05, 4.69) is 5.32 Å². The molecule has 0 spiro atoms. The topological polar surface area (TPSA) is 69.6 Å². The number of likely N-dealkylation sites (N-methyl/N-ethyl adjacent to an activating group) is 1. The Morgan fingerprint density at radius 1 is 1.67 bits per heavy atom. The minimum Gasteiger partial charge on any atom is -0.479 e. The summed E-state index contributed by atoms with van der Waals surface area (Å²) in [6.07, 6.45) is -1.31. The summed E-state index contributed by atoms with van der Waals surface area (Å²) >= 11 is 0. The highest BCUT2D eigenvalue weighted by Gasteiger charge is 2.18. The van der Waals surface area contributed by atoms with Crippen LogP contribution in [0.2, 0.25) is 0 Å². The van der Waals surface area contributed by atoms with Gasteiger partial charge in [-0.05, 0) is 14.0 Å². The van der Waals surface area contributed by atoms with Crippen LogP contribution in [0, 0.1) is 0 Å². The molecular weight excluding hydrogens is 122 g/mol. The highest BCUT2D eigenvalue weighted by Crippen LogP contribution is 1.89. The average Bonchev–Trinajstić information content (AvgIpc) is 1.84. The van der Waals surface area contributed by atoms with Crippen molar-refractivity contribution in [2.75, 3.05) is 7.05 Å². The number of carbonyl (C=O) groups is 1. The molecule has 0 aliphatic heterocycles. The number of aliphatic hydroxyl groups is 1. The minimum absolute atomic E-state index is 0.400. The quantitative estimate of drug-likeness (QED) is 0.463. The third kappa shape index (κ3) is 2.43. The van der Waals surface area contributed by atoms with Crippen molar-refractivity contribution in [2.24, 2.45) is 0 Å². The summed E-state index contributed by atoms with van der Waals surface area (Å²) in [6.45, 7) is 1.60. The van der Waals surface area contributed by atoms with Crippen molar-refractivity contribution in [3.05, 3.63) is 0 Å². The lowest BCUT2D eigenvalue weighted by Crippen LogP contribution is -2.40. The standard InChI is InChI=1S/C5H11NO3/c1-3(6-2)4(7)5(8)9/h3-4,6-7H,1-2H3,(H,8,9)/t3-,4-/m0/s1. The predicted octanol–water partition coefficient (Wildman–Crippen LogP) is -0.960. The summed E-state index contributed by atoms with van der Waals surface area (Å²) in [7, 11) is 1.59. The second-order valence-electron chi connectivity index (χ2n) is 1.86. The van der Waals surface area contributed by atoms with E-state index in [0.29, 0.717) is 0 Å². The van der Waals surface area contributed by atoms with Gasteiger partial charge in [0.2, 0.25) is 0 Å². The zero-order valence-corrected chi connectivity index (χ0v) is 5.46. The van der Waals surface area contributed by atoms with E-state index in [0.717, 1.165) is 0 Å². The molecule has 4 nitrogen and oxygen atoms in total. The number of hydrogen-bond donors (Lipinski definition) is 3. The molecule has 9 heavy (non-hydrogen) atoms. The third-order valence-electron chi connectivity index (χ3n) is 1.18. The first kappa shape index (κ1) is 8.39. The minimum atomic E-state index is -1.31. The van der Waals surface area contributed by atoms with Gasteiger partial charge in [0.1, 0.15) is 0 Å². The van der Waals surface area contributed by atoms with E-state index in [1.54, 1.807) is 14.0 Å². The van der Waals surface area contributed by atoms with Crippen molar-refractivity contribution in [3.63, 3.8) is 0 Å². The fourth-order valence-corrected chi connectivity index (χ4v) is 0.372. The summed E-state index contributed by atoms with van der Waals surface area (Å²) in [5.41, 5.74) is 0. The SMILES string of the molecule is CN[C@@H](C)[C@H](O)C(=O)O. The van der Waals surface area contributed by atoms with Crippen LogP contribution in [0.1, 0.15) is 6.92 Å². The Kier molecular flexibility index (Phi) is 3.19. The van der Waals surface area contributed by atoms with E-state index in [9.17, 15) is 4.79 Å². The van der Waals surface area contributed by atoms with Gasteiger partial charge in [0, 0.05) is 6.04 Å². The summed E-state index contributed by atoms with van der Waals surface area (Å²) in [6, 6.07) is -0.400. The molecule has 3 N–H and O–H groups in total. The maximum absolute atomic E-state index is 10.0. The predicted molar refractivity (Wildman–Crippen MR) is 32.2 cm³/mol. The number of carboxylic acids is 1. The molecular formula is C5H11NO3. The normalized spacial score (nSPS) is 16.8. The van der Waals surface area contributed by atoms with Gasteiger partial charge in [0.25, 0.3) is 0 Å². The van der Waals surface area contributed by atoms with Crippen LogP contribution in [0.15, 0.2) is 0 Å². The lowest BCUT2D eigenvalue weighted by molar-refractivity contribution is -0.147. The van der Waals surface area contributed by atoms with Gasteiger partial charge in [-0.3, -0.25) is 0 Å². The van der Waals surface area contributed by atoms with Gasteiger partial charge in [-0.15, -0.1) is 0 Å². The van der Waals surface area contributed by atoms with Crippen LogP contribution in [0.5, 0.6) is 0 Å². The van der Waals surface area contributed by atoms with Crippen LogP contribution in [0.25, 0.3) is 0 Å². The molecule has 0 saturated carbocycles. The van der Waals surface area contributed by atoms with E-state index < -0.39 is 18.1 Å². The largest absolute Gasteiger partial charge is 0.479 e. The first-order valence-corrected chi connectivity index (χ1v) is 2.67. The monoisotopic (exact) mass is 133 g/mol. The molecule has 0 radical (unpaired) electrons. The van der Waals surface area contributed by atoms with Gasteiger partial charge in [0.05, 0.1) is 0 Å². The summed E-state index contributed by atoms with van der Waals surface area (Å²) in [5, 5.41) is 19.5. The van der Waals surface area contributed by atoms with Crippen molar-refractivity contribution < 1.29 is 15.0 Å². The zero-order valence-electron chi connectivity index (χ0n) is 5.46. The molecule has 0 rings (SSSR count). The van der Waals surface area contributed by atoms with Crippen LogP contribution in [0.3, 0.4) is 0 Å². The molecule has 4 heteroatoms. The van der Waals surface area contributed by atoms with Crippen LogP contribution in [-0.4, -0.2) is 35.4 Å². The Morgan fingerprint density at radius 3 is 2.22 bits per heavy atom. The number of aliphatic hydroxyl groups excluding tert-OH is 1. The number of hydrogen-bond acceptors (Lipinski definition) is 3. The van der Waals surface area contributed by atoms with Gasteiger partial charge in [-0.2, -0.15) is 0 Å². The number of nitrogens with one attached hydrogen (secondary N) is 1. The first-order chi connectivity index (χ1) is 4.09. The van der Waals surface area contributed by atoms with Crippen LogP contribution in [0.4, 0.5) is 0 Å². The van der Waals surface area contributed by atoms with E-state index in [-0.39, 0.29) is 0 Å². The number of carboxylic acid groups (broad SMARTS) is 1. The maximum atomic E-state index is 10.0. The van der Waals surface area contributed by atoms with Gasteiger partial charge >= 0.3 is 5.97 Å². The van der Waals surface area contributed by atoms with Crippen LogP contribution < -0.4 is 5.32 Å². The molecule has 0 heterocycles. The molecule has 0 aromatic carbocycles. The first-order valence-electron chi connectivity index (χ1n) is 2.67. The molecule has 0 aliphatic carbocycles. The molecule has 0 aliphatic rings. The lowest BCUT2D eigenvalue weighted by Gasteiger charge is -2.12. The van der Waals surface area contributed by atoms with Crippen molar-refractivity contribution in [2.45, 2.75) is 19.1 Å². The Hall–Kier alpha value is -0.610. The highest BCUT2D eigenvalue weighted by atomic mass is 16.4. The van der Waals surface area contributed by atoms with Gasteiger partial charge in [-0.1, -0.05) is 0 Å². The average molecular weight is 133 g/mol. The molecule has 2 atom stereocenters. The van der Waals surface area contributed by atoms with Crippen LogP contribution >= 0.6 is 0 Å². The van der Waals surface area contributed by atoms with Crippen molar-refractivity contribution in [1.29, 1.82) is 0 Å². The van der Waals surface area contributed by atoms with Gasteiger partial charge in [-0.25, -0.2) is 4.79 Å². The molecule has 0 aromatic rings. The molecule has 0 bridgehead atoms. The van der Waals surface area contributed by atoms with Gasteiger partial charge < -0.3 is 15.5 Å². The Bertz CT molecular complexity index is 104. The van der Waals surface area contributed by atoms with Crippen molar-refractivity contribution in [1.82, 2.24) is 5.32 Å². The van der Waals surface area contributed by atoms with E-state index in [1.165, 1.54) is 0 Å². The Balaban J connectivity index is 3.72. The summed E-state index contributed by atoms with van der Waals surface area (Å²) in [5.74, 6) is -1.20. The number of rotatable bonds is 3. The zero-order chi connectivity index (χ0) is 7.44. The molecule has 0 saturated heterocycles. The summed E-state index contributed by atoms with van der Waals surface area (Å²) < 4.78 is 0. The molecule has 0 unspecified atom stereocenters. The van der Waals surface area contributed by atoms with E-state index in [4.69, 9.17) is 10.2 Å². The highest BCUT2D eigenvalue weighted by molar-refractivity contribution is 5.72. The smallest absolute Gasteiger partial charge is 0.334 e. The lowest BCUT2D eigenvalue weighted by atomic mass is 10.2. The summed E-state index contributed by atoms with van der Waals surface area (Å²) in [4.78, 5) is 10.0. The van der Waals surface area contributed by atoms with Crippen molar-refractivity contribution >= 4 is 5.97 Å². The van der Waals surface area contributed by atoms with Crippen molar-refractivity contribution in [3.8, 4) is 0 Å². The van der Waals surface area contributed by atoms with Gasteiger partial charge in [0.15, 0.2) is 6.10 Å².